The number of thiazole rings is 1. The van der Waals surface area contributed by atoms with Crippen LogP contribution in [0.5, 0.6) is 0 Å². The number of primary amides is 1. The standard InChI is InChI=1S/C25H28N6O2S2/c1-15-12-18(23(33)28-9-11-30-10-5-7-25(30,2)3)34-20(15)19-21(16-6-4-8-27-13-16)35-24-17(22(26)32)14-29-31(19)24/h4,6,8,12-14H,5,7,9-11H2,1-3H3,(H2,26,32)(H,28,33). The fourth-order valence-corrected chi connectivity index (χ4v) is 7.09. The van der Waals surface area contributed by atoms with E-state index in [2.05, 4.69) is 34.1 Å². The van der Waals surface area contributed by atoms with Crippen LogP contribution in [0, 0.1) is 6.92 Å². The van der Waals surface area contributed by atoms with Gasteiger partial charge in [0.15, 0.2) is 0 Å². The molecule has 5 heterocycles. The normalized spacial score (nSPS) is 15.6. The van der Waals surface area contributed by atoms with Gasteiger partial charge in [0, 0.05) is 36.6 Å². The summed E-state index contributed by atoms with van der Waals surface area (Å²) in [5.41, 5.74) is 8.89. The smallest absolute Gasteiger partial charge is 0.261 e. The molecule has 0 unspecified atom stereocenters. The molecule has 1 fully saturated rings. The molecule has 1 aliphatic rings. The van der Waals surface area contributed by atoms with Crippen molar-refractivity contribution in [3.63, 3.8) is 0 Å². The molecule has 182 valence electrons. The maximum absolute atomic E-state index is 13.0. The van der Waals surface area contributed by atoms with Gasteiger partial charge in [0.25, 0.3) is 11.8 Å². The van der Waals surface area contributed by atoms with Gasteiger partial charge in [-0.1, -0.05) is 6.07 Å². The van der Waals surface area contributed by atoms with E-state index in [0.29, 0.717) is 21.8 Å². The van der Waals surface area contributed by atoms with Gasteiger partial charge in [-0.3, -0.25) is 19.5 Å². The van der Waals surface area contributed by atoms with Crippen LogP contribution in [0.3, 0.4) is 0 Å². The number of aryl methyl sites for hydroxylation is 1. The van der Waals surface area contributed by atoms with Crippen LogP contribution in [0.1, 0.15) is 52.3 Å². The van der Waals surface area contributed by atoms with Crippen molar-refractivity contribution in [1.29, 1.82) is 0 Å². The number of aromatic nitrogens is 3. The van der Waals surface area contributed by atoms with Crippen molar-refractivity contribution in [3.8, 4) is 21.0 Å². The first-order chi connectivity index (χ1) is 16.8. The summed E-state index contributed by atoms with van der Waals surface area (Å²) in [7, 11) is 0. The van der Waals surface area contributed by atoms with Gasteiger partial charge in [-0.25, -0.2) is 4.52 Å². The van der Waals surface area contributed by atoms with Crippen molar-refractivity contribution in [2.24, 2.45) is 5.73 Å². The number of carbonyl (C=O) groups excluding carboxylic acids is 2. The van der Waals surface area contributed by atoms with Gasteiger partial charge in [0.1, 0.15) is 10.5 Å². The van der Waals surface area contributed by atoms with Gasteiger partial charge in [-0.05, 0) is 57.9 Å². The predicted molar refractivity (Wildman–Crippen MR) is 140 cm³/mol. The molecule has 3 N–H and O–H groups in total. The summed E-state index contributed by atoms with van der Waals surface area (Å²) < 4.78 is 1.75. The van der Waals surface area contributed by atoms with Crippen molar-refractivity contribution in [2.45, 2.75) is 39.2 Å². The SMILES string of the molecule is Cc1cc(C(=O)NCCN2CCCC2(C)C)sc1-c1c(-c2cccnc2)sc2c(C(N)=O)cnn12. The van der Waals surface area contributed by atoms with E-state index in [1.54, 1.807) is 16.9 Å². The highest BCUT2D eigenvalue weighted by molar-refractivity contribution is 7.22. The monoisotopic (exact) mass is 508 g/mol. The second kappa shape index (κ2) is 9.18. The first-order valence-electron chi connectivity index (χ1n) is 11.6. The van der Waals surface area contributed by atoms with Gasteiger partial charge in [-0.15, -0.1) is 22.7 Å². The topological polar surface area (TPSA) is 106 Å². The summed E-state index contributed by atoms with van der Waals surface area (Å²) in [4.78, 5) is 34.9. The summed E-state index contributed by atoms with van der Waals surface area (Å²) in [5, 5.41) is 7.56. The number of nitrogens with zero attached hydrogens (tertiary/aromatic N) is 4. The highest BCUT2D eigenvalue weighted by atomic mass is 32.1. The van der Waals surface area contributed by atoms with E-state index in [-0.39, 0.29) is 11.4 Å². The quantitative estimate of drug-likeness (QED) is 0.389. The second-order valence-corrected chi connectivity index (χ2v) is 11.5. The largest absolute Gasteiger partial charge is 0.365 e. The third kappa shape index (κ3) is 4.37. The van der Waals surface area contributed by atoms with Crippen LogP contribution in [0.2, 0.25) is 0 Å². The van der Waals surface area contributed by atoms with E-state index in [0.717, 1.165) is 39.7 Å². The molecule has 1 aliphatic heterocycles. The summed E-state index contributed by atoms with van der Waals surface area (Å²) >= 11 is 2.88. The lowest BCUT2D eigenvalue weighted by Gasteiger charge is -2.31. The Kier molecular flexibility index (Phi) is 6.20. The number of fused-ring (bicyclic) bond motifs is 1. The molecule has 2 amide bonds. The molecule has 5 rings (SSSR count). The molecular weight excluding hydrogens is 480 g/mol. The zero-order chi connectivity index (χ0) is 24.7. The number of amides is 2. The number of likely N-dealkylation sites (tertiary alicyclic amines) is 1. The third-order valence-electron chi connectivity index (χ3n) is 6.64. The van der Waals surface area contributed by atoms with Gasteiger partial charge < -0.3 is 11.1 Å². The number of rotatable bonds is 7. The van der Waals surface area contributed by atoms with Gasteiger partial charge in [0.2, 0.25) is 0 Å². The Morgan fingerprint density at radius 3 is 2.74 bits per heavy atom. The third-order valence-corrected chi connectivity index (χ3v) is 9.10. The van der Waals surface area contributed by atoms with E-state index in [1.165, 1.54) is 41.7 Å². The van der Waals surface area contributed by atoms with E-state index in [1.807, 2.05) is 25.1 Å². The molecule has 0 atom stereocenters. The Bertz CT molecular complexity index is 1400. The molecule has 0 aliphatic carbocycles. The molecule has 10 heteroatoms. The van der Waals surface area contributed by atoms with E-state index in [4.69, 9.17) is 5.73 Å². The maximum Gasteiger partial charge on any atom is 0.261 e. The molecular formula is C25H28N6O2S2. The molecule has 0 bridgehead atoms. The number of nitrogens with two attached hydrogens (primary N) is 1. The second-order valence-electron chi connectivity index (χ2n) is 9.44. The summed E-state index contributed by atoms with van der Waals surface area (Å²) in [5.74, 6) is -0.594. The van der Waals surface area contributed by atoms with E-state index in [9.17, 15) is 9.59 Å². The number of pyridine rings is 1. The Morgan fingerprint density at radius 2 is 2.06 bits per heavy atom. The molecule has 4 aromatic rings. The molecule has 0 saturated carbocycles. The highest BCUT2D eigenvalue weighted by Gasteiger charge is 2.31. The summed E-state index contributed by atoms with van der Waals surface area (Å²) in [6.07, 6.45) is 7.40. The average Bonchev–Trinajstić information content (AvgIpc) is 3.57. The van der Waals surface area contributed by atoms with Crippen LogP contribution in [0.4, 0.5) is 0 Å². The number of carbonyl (C=O) groups is 2. The van der Waals surface area contributed by atoms with Crippen LogP contribution < -0.4 is 11.1 Å². The Balaban J connectivity index is 1.46. The van der Waals surface area contributed by atoms with E-state index >= 15 is 0 Å². The molecule has 35 heavy (non-hydrogen) atoms. The summed E-state index contributed by atoms with van der Waals surface area (Å²) in [6.45, 7) is 9.04. The number of hydrogen-bond donors (Lipinski definition) is 2. The van der Waals surface area contributed by atoms with Crippen molar-refractivity contribution in [3.05, 3.63) is 52.8 Å². The fourth-order valence-electron chi connectivity index (χ4n) is 4.70. The van der Waals surface area contributed by atoms with Crippen molar-refractivity contribution in [2.75, 3.05) is 19.6 Å². The lowest BCUT2D eigenvalue weighted by Crippen LogP contribution is -2.42. The Morgan fingerprint density at radius 1 is 1.23 bits per heavy atom. The van der Waals surface area contributed by atoms with Crippen molar-refractivity contribution >= 4 is 39.3 Å². The van der Waals surface area contributed by atoms with Crippen molar-refractivity contribution < 1.29 is 9.59 Å². The van der Waals surface area contributed by atoms with Crippen LogP contribution in [0.25, 0.3) is 25.8 Å². The Labute approximate surface area is 211 Å². The predicted octanol–water partition coefficient (Wildman–Crippen LogP) is 4.20. The van der Waals surface area contributed by atoms with Crippen LogP contribution in [-0.2, 0) is 0 Å². The molecule has 0 radical (unpaired) electrons. The van der Waals surface area contributed by atoms with Gasteiger partial charge in [-0.2, -0.15) is 5.10 Å². The van der Waals surface area contributed by atoms with Crippen LogP contribution in [0.15, 0.2) is 36.8 Å². The van der Waals surface area contributed by atoms with Crippen LogP contribution in [-0.4, -0.2) is 56.5 Å². The fraction of sp³-hybridized carbons (Fsp3) is 0.360. The first kappa shape index (κ1) is 23.7. The minimum atomic E-state index is -0.519. The van der Waals surface area contributed by atoms with Gasteiger partial charge >= 0.3 is 0 Å². The van der Waals surface area contributed by atoms with E-state index < -0.39 is 5.91 Å². The number of hydrogen-bond acceptors (Lipinski definition) is 7. The maximum atomic E-state index is 13.0. The van der Waals surface area contributed by atoms with Crippen molar-refractivity contribution in [1.82, 2.24) is 24.8 Å². The average molecular weight is 509 g/mol. The zero-order valence-electron chi connectivity index (χ0n) is 20.0. The highest BCUT2D eigenvalue weighted by Crippen LogP contribution is 2.44. The molecule has 0 aromatic carbocycles. The molecule has 1 saturated heterocycles. The first-order valence-corrected chi connectivity index (χ1v) is 13.2. The Hall–Kier alpha value is -3.08. The van der Waals surface area contributed by atoms with Crippen LogP contribution >= 0.6 is 22.7 Å². The summed E-state index contributed by atoms with van der Waals surface area (Å²) in [6, 6.07) is 5.77. The molecule has 4 aromatic heterocycles. The minimum absolute atomic E-state index is 0.0750. The molecule has 8 nitrogen and oxygen atoms in total. The minimum Gasteiger partial charge on any atom is -0.365 e. The zero-order valence-corrected chi connectivity index (χ0v) is 21.6. The number of thiophene rings is 1. The number of nitrogens with one attached hydrogen (secondary N) is 1. The lowest BCUT2D eigenvalue weighted by molar-refractivity contribution is 0.0943. The molecule has 0 spiro atoms. The van der Waals surface area contributed by atoms with Gasteiger partial charge in [0.05, 0.1) is 26.4 Å². The lowest BCUT2D eigenvalue weighted by atomic mass is 10.0.